The van der Waals surface area contributed by atoms with Crippen LogP contribution in [-0.4, -0.2) is 19.2 Å². The van der Waals surface area contributed by atoms with E-state index in [1.165, 1.54) is 6.07 Å². The Morgan fingerprint density at radius 2 is 2.00 bits per heavy atom. The number of carbonyl (C=O) groups excluding carboxylic acids is 1. The van der Waals surface area contributed by atoms with Gasteiger partial charge in [-0.1, -0.05) is 23.2 Å². The number of hydrogen-bond donors (Lipinski definition) is 1. The van der Waals surface area contributed by atoms with Crippen molar-refractivity contribution in [2.45, 2.75) is 13.8 Å². The van der Waals surface area contributed by atoms with Crippen LogP contribution in [0.15, 0.2) is 6.07 Å². The molecular weight excluding hydrogens is 265 g/mol. The van der Waals surface area contributed by atoms with Crippen LogP contribution in [0.1, 0.15) is 24.2 Å². The quantitative estimate of drug-likeness (QED) is 0.678. The lowest BCUT2D eigenvalue weighted by Crippen LogP contribution is -2.10. The predicted molar refractivity (Wildman–Crippen MR) is 68.0 cm³/mol. The molecule has 0 saturated carbocycles. The summed E-state index contributed by atoms with van der Waals surface area (Å²) in [6, 6.07) is 1.42. The number of rotatable bonds is 4. The van der Waals surface area contributed by atoms with Crippen LogP contribution in [0.2, 0.25) is 10.0 Å². The van der Waals surface area contributed by atoms with Crippen molar-refractivity contribution >= 4 is 34.9 Å². The minimum atomic E-state index is -0.590. The summed E-state index contributed by atoms with van der Waals surface area (Å²) in [6.07, 6.45) is 0. The maximum atomic E-state index is 11.7. The van der Waals surface area contributed by atoms with Crippen molar-refractivity contribution in [1.29, 1.82) is 0 Å². The number of ether oxygens (including phenoxy) is 2. The molecule has 0 radical (unpaired) electrons. The molecule has 2 N–H and O–H groups in total. The van der Waals surface area contributed by atoms with Crippen LogP contribution in [0.25, 0.3) is 0 Å². The number of hydrogen-bond acceptors (Lipinski definition) is 4. The molecule has 17 heavy (non-hydrogen) atoms. The summed E-state index contributed by atoms with van der Waals surface area (Å²) < 4.78 is 10.1. The molecule has 0 aliphatic heterocycles. The Morgan fingerprint density at radius 3 is 2.53 bits per heavy atom. The summed E-state index contributed by atoms with van der Waals surface area (Å²) in [5.74, 6) is -0.347. The first-order chi connectivity index (χ1) is 8.02. The van der Waals surface area contributed by atoms with Crippen LogP contribution in [-0.2, 0) is 4.74 Å². The molecule has 0 saturated heterocycles. The van der Waals surface area contributed by atoms with Gasteiger partial charge in [0.15, 0.2) is 5.75 Å². The van der Waals surface area contributed by atoms with E-state index in [1.54, 1.807) is 13.8 Å². The van der Waals surface area contributed by atoms with Crippen LogP contribution in [0.5, 0.6) is 5.75 Å². The molecule has 0 fully saturated rings. The van der Waals surface area contributed by atoms with Gasteiger partial charge in [0.25, 0.3) is 0 Å². The number of esters is 1. The molecule has 0 bridgehead atoms. The highest BCUT2D eigenvalue weighted by Gasteiger charge is 2.22. The lowest BCUT2D eigenvalue weighted by atomic mass is 10.1. The summed E-state index contributed by atoms with van der Waals surface area (Å²) in [5.41, 5.74) is 5.95. The third-order valence-corrected chi connectivity index (χ3v) is 2.62. The second kappa shape index (κ2) is 5.98. The zero-order valence-corrected chi connectivity index (χ0v) is 11.1. The molecule has 0 atom stereocenters. The minimum absolute atomic E-state index is 0.0790. The van der Waals surface area contributed by atoms with Gasteiger partial charge in [-0.2, -0.15) is 0 Å². The van der Waals surface area contributed by atoms with Crippen LogP contribution in [0, 0.1) is 0 Å². The van der Waals surface area contributed by atoms with E-state index in [1.807, 2.05) is 0 Å². The smallest absolute Gasteiger partial charge is 0.341 e. The van der Waals surface area contributed by atoms with Gasteiger partial charge in [0, 0.05) is 5.69 Å². The standard InChI is InChI=1S/C11H13Cl2NO3/c1-3-16-10-6(12)5-7(14)8(9(10)13)11(15)17-4-2/h5H,3-4,14H2,1-2H3. The monoisotopic (exact) mass is 277 g/mol. The van der Waals surface area contributed by atoms with Crippen LogP contribution in [0.3, 0.4) is 0 Å². The summed E-state index contributed by atoms with van der Waals surface area (Å²) in [7, 11) is 0. The number of nitrogens with two attached hydrogens (primary N) is 1. The van der Waals surface area contributed by atoms with Gasteiger partial charge in [0.05, 0.1) is 18.2 Å². The van der Waals surface area contributed by atoms with E-state index >= 15 is 0 Å². The molecule has 1 aromatic carbocycles. The van der Waals surface area contributed by atoms with E-state index < -0.39 is 5.97 Å². The van der Waals surface area contributed by atoms with Gasteiger partial charge in [-0.3, -0.25) is 0 Å². The third kappa shape index (κ3) is 2.96. The van der Waals surface area contributed by atoms with E-state index in [2.05, 4.69) is 0 Å². The molecule has 4 nitrogen and oxygen atoms in total. The molecule has 0 aliphatic carbocycles. The number of carbonyl (C=O) groups is 1. The van der Waals surface area contributed by atoms with Crippen LogP contribution in [0.4, 0.5) is 5.69 Å². The van der Waals surface area contributed by atoms with E-state index in [9.17, 15) is 4.79 Å². The lowest BCUT2D eigenvalue weighted by Gasteiger charge is -2.13. The second-order valence-corrected chi connectivity index (χ2v) is 3.90. The third-order valence-electron chi connectivity index (χ3n) is 1.97. The van der Waals surface area contributed by atoms with Crippen molar-refractivity contribution in [1.82, 2.24) is 0 Å². The first-order valence-corrected chi connectivity index (χ1v) is 5.85. The SMILES string of the molecule is CCOC(=O)c1c(N)cc(Cl)c(OCC)c1Cl. The molecule has 0 spiro atoms. The summed E-state index contributed by atoms with van der Waals surface area (Å²) in [6.45, 7) is 4.10. The maximum absolute atomic E-state index is 11.7. The fraction of sp³-hybridized carbons (Fsp3) is 0.364. The van der Waals surface area contributed by atoms with E-state index in [0.717, 1.165) is 0 Å². The largest absolute Gasteiger partial charge is 0.491 e. The van der Waals surface area contributed by atoms with E-state index in [4.69, 9.17) is 38.4 Å². The molecule has 0 unspecified atom stereocenters. The fourth-order valence-electron chi connectivity index (χ4n) is 1.31. The Kier molecular flexibility index (Phi) is 4.90. The summed E-state index contributed by atoms with van der Waals surface area (Å²) >= 11 is 12.0. The molecule has 94 valence electrons. The van der Waals surface area contributed by atoms with Crippen LogP contribution < -0.4 is 10.5 Å². The van der Waals surface area contributed by atoms with Gasteiger partial charge in [-0.25, -0.2) is 4.79 Å². The highest BCUT2D eigenvalue weighted by Crippen LogP contribution is 2.39. The maximum Gasteiger partial charge on any atom is 0.341 e. The molecule has 6 heteroatoms. The summed E-state index contributed by atoms with van der Waals surface area (Å²) in [5, 5.41) is 0.345. The zero-order chi connectivity index (χ0) is 13.0. The van der Waals surface area contributed by atoms with Crippen molar-refractivity contribution in [2.75, 3.05) is 18.9 Å². The number of anilines is 1. The zero-order valence-electron chi connectivity index (χ0n) is 9.55. The van der Waals surface area contributed by atoms with Crippen molar-refractivity contribution in [3.8, 4) is 5.75 Å². The molecule has 1 rings (SSSR count). The van der Waals surface area contributed by atoms with Gasteiger partial charge in [-0.15, -0.1) is 0 Å². The molecule has 0 heterocycles. The second-order valence-electron chi connectivity index (χ2n) is 3.12. The fourth-order valence-corrected chi connectivity index (χ4v) is 1.96. The Morgan fingerprint density at radius 1 is 1.35 bits per heavy atom. The normalized spacial score (nSPS) is 10.1. The highest BCUT2D eigenvalue weighted by atomic mass is 35.5. The van der Waals surface area contributed by atoms with Gasteiger partial charge in [0.2, 0.25) is 0 Å². The summed E-state index contributed by atoms with van der Waals surface area (Å²) in [4.78, 5) is 11.7. The average Bonchev–Trinajstić information content (AvgIpc) is 2.24. The predicted octanol–water partition coefficient (Wildman–Crippen LogP) is 3.15. The van der Waals surface area contributed by atoms with Crippen molar-refractivity contribution in [3.63, 3.8) is 0 Å². The van der Waals surface area contributed by atoms with Gasteiger partial charge in [0.1, 0.15) is 10.6 Å². The van der Waals surface area contributed by atoms with E-state index in [0.29, 0.717) is 6.61 Å². The molecule has 0 aromatic heterocycles. The van der Waals surface area contributed by atoms with Gasteiger partial charge in [-0.05, 0) is 19.9 Å². The van der Waals surface area contributed by atoms with Crippen molar-refractivity contribution in [3.05, 3.63) is 21.7 Å². The van der Waals surface area contributed by atoms with Gasteiger partial charge < -0.3 is 15.2 Å². The highest BCUT2D eigenvalue weighted by molar-refractivity contribution is 6.40. The van der Waals surface area contributed by atoms with Crippen molar-refractivity contribution in [2.24, 2.45) is 0 Å². The first kappa shape index (κ1) is 13.9. The Labute approximate surface area is 110 Å². The van der Waals surface area contributed by atoms with Crippen LogP contribution >= 0.6 is 23.2 Å². The van der Waals surface area contributed by atoms with Crippen molar-refractivity contribution < 1.29 is 14.3 Å². The van der Waals surface area contributed by atoms with E-state index in [-0.39, 0.29) is 33.7 Å². The number of nitrogen functional groups attached to an aromatic ring is 1. The minimum Gasteiger partial charge on any atom is -0.491 e. The average molecular weight is 278 g/mol. The number of halogens is 2. The molecule has 1 aromatic rings. The first-order valence-electron chi connectivity index (χ1n) is 5.10. The Balaban J connectivity index is 3.29. The molecule has 0 amide bonds. The Hall–Kier alpha value is -1.13. The van der Waals surface area contributed by atoms with Gasteiger partial charge >= 0.3 is 5.97 Å². The molecule has 0 aliphatic rings. The lowest BCUT2D eigenvalue weighted by molar-refractivity contribution is 0.0527. The Bertz CT molecular complexity index is 435. The number of benzene rings is 1. The molecular formula is C11H13Cl2NO3. The topological polar surface area (TPSA) is 61.5 Å².